The average molecular weight is 309 g/mol. The van der Waals surface area contributed by atoms with Gasteiger partial charge in [0, 0.05) is 26.2 Å². The molecule has 2 rings (SSSR count). The zero-order valence-corrected chi connectivity index (χ0v) is 13.8. The molecular weight excluding hydrogens is 278 g/mol. The molecule has 1 aliphatic heterocycles. The second-order valence-electron chi connectivity index (χ2n) is 6.65. The number of rotatable bonds is 2. The summed E-state index contributed by atoms with van der Waals surface area (Å²) in [7, 11) is 0. The molecule has 5 nitrogen and oxygen atoms in total. The third kappa shape index (κ3) is 5.27. The van der Waals surface area contributed by atoms with E-state index in [1.807, 2.05) is 4.90 Å². The fraction of sp³-hybridized carbons (Fsp3) is 0.882. The SMILES string of the molecule is O=CN1CCN([C@H]2CCCCCCCCCC/C2=N\O)CC1. The first-order valence-corrected chi connectivity index (χ1v) is 8.99. The molecule has 1 heterocycles. The maximum Gasteiger partial charge on any atom is 0.209 e. The van der Waals surface area contributed by atoms with E-state index >= 15 is 0 Å². The molecule has 1 saturated carbocycles. The fourth-order valence-corrected chi connectivity index (χ4v) is 3.70. The largest absolute Gasteiger partial charge is 0.411 e. The van der Waals surface area contributed by atoms with Gasteiger partial charge in [-0.3, -0.25) is 9.69 Å². The van der Waals surface area contributed by atoms with Gasteiger partial charge in [0.15, 0.2) is 0 Å². The van der Waals surface area contributed by atoms with Gasteiger partial charge in [0.25, 0.3) is 0 Å². The molecule has 2 fully saturated rings. The summed E-state index contributed by atoms with van der Waals surface area (Å²) in [6.07, 6.45) is 13.1. The minimum Gasteiger partial charge on any atom is -0.411 e. The first kappa shape index (κ1) is 17.3. The van der Waals surface area contributed by atoms with Crippen molar-refractivity contribution in [3.05, 3.63) is 0 Å². The van der Waals surface area contributed by atoms with Gasteiger partial charge in [0.05, 0.1) is 11.8 Å². The zero-order valence-electron chi connectivity index (χ0n) is 13.8. The monoisotopic (exact) mass is 309 g/mol. The van der Waals surface area contributed by atoms with Crippen LogP contribution >= 0.6 is 0 Å². The van der Waals surface area contributed by atoms with Gasteiger partial charge in [-0.25, -0.2) is 0 Å². The molecule has 0 radical (unpaired) electrons. The van der Waals surface area contributed by atoms with E-state index in [9.17, 15) is 10.0 Å². The third-order valence-electron chi connectivity index (χ3n) is 5.11. The van der Waals surface area contributed by atoms with Gasteiger partial charge in [-0.15, -0.1) is 0 Å². The van der Waals surface area contributed by atoms with Crippen LogP contribution in [0.3, 0.4) is 0 Å². The van der Waals surface area contributed by atoms with Gasteiger partial charge in [0.1, 0.15) is 0 Å². The lowest BCUT2D eigenvalue weighted by Crippen LogP contribution is -2.52. The maximum absolute atomic E-state index is 10.9. The van der Waals surface area contributed by atoms with Crippen LogP contribution in [0.4, 0.5) is 0 Å². The molecule has 1 atom stereocenters. The lowest BCUT2D eigenvalue weighted by molar-refractivity contribution is -0.119. The van der Waals surface area contributed by atoms with Crippen molar-refractivity contribution < 1.29 is 10.0 Å². The minimum absolute atomic E-state index is 0.262. The standard InChI is InChI=1S/C17H31N3O2/c21-15-19-11-13-20(14-12-19)17-10-8-6-4-2-1-3-5-7-9-16(17)18-22/h15,17,22H,1-14H2/b18-16+/t17-/m0/s1. The van der Waals surface area contributed by atoms with Crippen molar-refractivity contribution in [2.45, 2.75) is 70.3 Å². The fourth-order valence-electron chi connectivity index (χ4n) is 3.70. The summed E-state index contributed by atoms with van der Waals surface area (Å²) in [5, 5.41) is 13.2. The molecule has 0 unspecified atom stereocenters. The normalized spacial score (nSPS) is 28.8. The molecule has 5 heteroatoms. The number of carbonyl (C=O) groups excluding carboxylic acids is 1. The van der Waals surface area contributed by atoms with Crippen LogP contribution in [-0.4, -0.2) is 59.3 Å². The average Bonchev–Trinajstić information content (AvgIpc) is 2.55. The van der Waals surface area contributed by atoms with Gasteiger partial charge < -0.3 is 10.1 Å². The number of amides is 1. The number of piperazine rings is 1. The summed E-state index contributed by atoms with van der Waals surface area (Å²) in [5.41, 5.74) is 0.958. The summed E-state index contributed by atoms with van der Waals surface area (Å²) in [6.45, 7) is 3.36. The van der Waals surface area contributed by atoms with E-state index in [-0.39, 0.29) is 6.04 Å². The number of oxime groups is 1. The molecular formula is C17H31N3O2. The van der Waals surface area contributed by atoms with E-state index in [1.165, 1.54) is 44.9 Å². The lowest BCUT2D eigenvalue weighted by atomic mass is 9.95. The predicted molar refractivity (Wildman–Crippen MR) is 88.4 cm³/mol. The summed E-state index contributed by atoms with van der Waals surface area (Å²) in [6, 6.07) is 0.262. The van der Waals surface area contributed by atoms with Gasteiger partial charge >= 0.3 is 0 Å². The Morgan fingerprint density at radius 2 is 1.50 bits per heavy atom. The van der Waals surface area contributed by atoms with Crippen LogP contribution < -0.4 is 0 Å². The molecule has 126 valence electrons. The molecule has 1 N–H and O–H groups in total. The van der Waals surface area contributed by atoms with Gasteiger partial charge in [0.2, 0.25) is 6.41 Å². The molecule has 0 aromatic heterocycles. The van der Waals surface area contributed by atoms with E-state index in [0.29, 0.717) is 0 Å². The first-order chi connectivity index (χ1) is 10.8. The van der Waals surface area contributed by atoms with Gasteiger partial charge in [-0.1, -0.05) is 50.1 Å². The highest BCUT2D eigenvalue weighted by atomic mass is 16.4. The van der Waals surface area contributed by atoms with E-state index in [4.69, 9.17) is 0 Å². The number of hydrogen-bond acceptors (Lipinski definition) is 4. The van der Waals surface area contributed by atoms with E-state index in [1.54, 1.807) is 0 Å². The lowest BCUT2D eigenvalue weighted by Gasteiger charge is -2.38. The second-order valence-corrected chi connectivity index (χ2v) is 6.65. The summed E-state index contributed by atoms with van der Waals surface area (Å²) in [5.74, 6) is 0. The van der Waals surface area contributed by atoms with Crippen molar-refractivity contribution in [2.75, 3.05) is 26.2 Å². The molecule has 0 aromatic rings. The van der Waals surface area contributed by atoms with Crippen molar-refractivity contribution >= 4 is 12.1 Å². The number of hydrogen-bond donors (Lipinski definition) is 1. The molecule has 0 aromatic carbocycles. The van der Waals surface area contributed by atoms with Crippen LogP contribution in [0.1, 0.15) is 64.2 Å². The van der Waals surface area contributed by atoms with Crippen LogP contribution in [0.2, 0.25) is 0 Å². The van der Waals surface area contributed by atoms with Crippen LogP contribution in [0.5, 0.6) is 0 Å². The Labute approximate surface area is 134 Å². The zero-order chi connectivity index (χ0) is 15.6. The Bertz CT molecular complexity index is 352. The molecule has 0 spiro atoms. The molecule has 1 amide bonds. The van der Waals surface area contributed by atoms with E-state index in [0.717, 1.165) is 57.6 Å². The molecule has 22 heavy (non-hydrogen) atoms. The summed E-state index contributed by atoms with van der Waals surface area (Å²) < 4.78 is 0. The predicted octanol–water partition coefficient (Wildman–Crippen LogP) is 2.87. The third-order valence-corrected chi connectivity index (χ3v) is 5.11. The van der Waals surface area contributed by atoms with Crippen LogP contribution in [0.25, 0.3) is 0 Å². The van der Waals surface area contributed by atoms with Crippen LogP contribution in [0, 0.1) is 0 Å². The van der Waals surface area contributed by atoms with Gasteiger partial charge in [-0.2, -0.15) is 0 Å². The highest BCUT2D eigenvalue weighted by molar-refractivity contribution is 5.89. The maximum atomic E-state index is 10.9. The Balaban J connectivity index is 1.96. The van der Waals surface area contributed by atoms with Crippen molar-refractivity contribution in [1.29, 1.82) is 0 Å². The van der Waals surface area contributed by atoms with E-state index < -0.39 is 0 Å². The molecule has 2 aliphatic rings. The van der Waals surface area contributed by atoms with E-state index in [2.05, 4.69) is 10.1 Å². The highest BCUT2D eigenvalue weighted by Crippen LogP contribution is 2.20. The van der Waals surface area contributed by atoms with Crippen LogP contribution in [0.15, 0.2) is 5.16 Å². The Kier molecular flexibility index (Phi) is 7.71. The van der Waals surface area contributed by atoms with Crippen molar-refractivity contribution in [3.63, 3.8) is 0 Å². The number of carbonyl (C=O) groups is 1. The summed E-state index contributed by atoms with van der Waals surface area (Å²) in [4.78, 5) is 15.1. The Morgan fingerprint density at radius 1 is 0.909 bits per heavy atom. The van der Waals surface area contributed by atoms with Crippen molar-refractivity contribution in [1.82, 2.24) is 9.80 Å². The smallest absolute Gasteiger partial charge is 0.209 e. The summed E-state index contributed by atoms with van der Waals surface area (Å²) >= 11 is 0. The minimum atomic E-state index is 0.262. The molecule has 1 saturated heterocycles. The first-order valence-electron chi connectivity index (χ1n) is 8.99. The van der Waals surface area contributed by atoms with Gasteiger partial charge in [-0.05, 0) is 19.3 Å². The Hall–Kier alpha value is -1.10. The quantitative estimate of drug-likeness (QED) is 0.485. The topological polar surface area (TPSA) is 56.1 Å². The van der Waals surface area contributed by atoms with Crippen molar-refractivity contribution in [3.8, 4) is 0 Å². The second kappa shape index (κ2) is 9.82. The Morgan fingerprint density at radius 3 is 2.09 bits per heavy atom. The molecule has 1 aliphatic carbocycles. The van der Waals surface area contributed by atoms with Crippen molar-refractivity contribution in [2.24, 2.45) is 5.16 Å². The highest BCUT2D eigenvalue weighted by Gasteiger charge is 2.27. The van der Waals surface area contributed by atoms with Crippen LogP contribution in [-0.2, 0) is 4.79 Å². The molecule has 0 bridgehead atoms. The number of nitrogens with zero attached hydrogens (tertiary/aromatic N) is 3.